The number of anilines is 1. The van der Waals surface area contributed by atoms with Gasteiger partial charge in [-0.25, -0.2) is 4.98 Å². The van der Waals surface area contributed by atoms with Crippen LogP contribution in [-0.2, 0) is 4.79 Å². The van der Waals surface area contributed by atoms with Crippen LogP contribution in [0.4, 0.5) is 5.69 Å². The molecule has 5 rings (SSSR count). The van der Waals surface area contributed by atoms with Crippen LogP contribution in [-0.4, -0.2) is 23.1 Å². The molecule has 38 heavy (non-hydrogen) atoms. The molecule has 1 amide bonds. The van der Waals surface area contributed by atoms with Gasteiger partial charge < -0.3 is 18.9 Å². The summed E-state index contributed by atoms with van der Waals surface area (Å²) in [6.45, 7) is 0. The smallest absolute Gasteiger partial charge is 0.250 e. The Kier molecular flexibility index (Phi) is 7.59. The summed E-state index contributed by atoms with van der Waals surface area (Å²) in [4.78, 5) is 16.9. The second kappa shape index (κ2) is 11.2. The molecule has 0 aliphatic heterocycles. The van der Waals surface area contributed by atoms with Gasteiger partial charge in [-0.2, -0.15) is 0 Å². The van der Waals surface area contributed by atoms with Gasteiger partial charge in [-0.1, -0.05) is 11.6 Å². The zero-order valence-corrected chi connectivity index (χ0v) is 23.0. The van der Waals surface area contributed by atoms with Crippen LogP contribution in [0.5, 0.6) is 5.75 Å². The van der Waals surface area contributed by atoms with Crippen LogP contribution in [0.25, 0.3) is 40.0 Å². The summed E-state index contributed by atoms with van der Waals surface area (Å²) < 4.78 is 17.7. The summed E-state index contributed by atoms with van der Waals surface area (Å²) in [7, 11) is 1.61. The van der Waals surface area contributed by atoms with Crippen molar-refractivity contribution in [2.45, 2.75) is 0 Å². The van der Waals surface area contributed by atoms with E-state index >= 15 is 0 Å². The molecule has 3 aromatic carbocycles. The van der Waals surface area contributed by atoms with E-state index < -0.39 is 5.91 Å². The number of halogens is 2. The first kappa shape index (κ1) is 25.7. The minimum Gasteiger partial charge on any atom is -0.496 e. The number of methoxy groups -OCH3 is 1. The highest BCUT2D eigenvalue weighted by Gasteiger charge is 2.12. The molecule has 7 nitrogen and oxygen atoms in total. The third-order valence-electron chi connectivity index (χ3n) is 5.44. The number of carbonyl (C=O) groups excluding carboxylic acids is 1. The molecule has 0 saturated heterocycles. The van der Waals surface area contributed by atoms with E-state index in [2.05, 4.69) is 31.5 Å². The molecule has 2 heterocycles. The fourth-order valence-electron chi connectivity index (χ4n) is 3.61. The number of amides is 1. The van der Waals surface area contributed by atoms with Crippen LogP contribution in [0.1, 0.15) is 5.76 Å². The monoisotopic (exact) mass is 607 g/mol. The van der Waals surface area contributed by atoms with Crippen molar-refractivity contribution in [2.75, 3.05) is 12.4 Å². The Morgan fingerprint density at radius 2 is 1.82 bits per heavy atom. The maximum absolute atomic E-state index is 12.4. The SMILES string of the molecule is COc1ccc(-c2nc3cc(NC(=S)NC(=O)/C=C/c4ccc(-c5ccc(Cl)cc5)o4)ccc3o2)cc1Br. The van der Waals surface area contributed by atoms with Gasteiger partial charge in [-0.3, -0.25) is 10.1 Å². The van der Waals surface area contributed by atoms with E-state index in [0.717, 1.165) is 15.6 Å². The van der Waals surface area contributed by atoms with Gasteiger partial charge in [0.15, 0.2) is 10.7 Å². The second-order valence-corrected chi connectivity index (χ2v) is 9.74. The Labute approximate surface area is 236 Å². The van der Waals surface area contributed by atoms with Crippen molar-refractivity contribution in [1.82, 2.24) is 10.3 Å². The molecule has 0 saturated carbocycles. The highest BCUT2D eigenvalue weighted by molar-refractivity contribution is 9.10. The van der Waals surface area contributed by atoms with Gasteiger partial charge in [-0.15, -0.1) is 0 Å². The number of fused-ring (bicyclic) bond motifs is 1. The first-order valence-corrected chi connectivity index (χ1v) is 12.9. The number of oxazole rings is 1. The molecule has 0 atom stereocenters. The average molecular weight is 609 g/mol. The fraction of sp³-hybridized carbons (Fsp3) is 0.0357. The van der Waals surface area contributed by atoms with Crippen molar-refractivity contribution in [3.63, 3.8) is 0 Å². The molecule has 0 unspecified atom stereocenters. The summed E-state index contributed by atoms with van der Waals surface area (Å²) in [5.74, 6) is 1.99. The Morgan fingerprint density at radius 3 is 2.58 bits per heavy atom. The van der Waals surface area contributed by atoms with Crippen molar-refractivity contribution in [1.29, 1.82) is 0 Å². The molecular formula is C28H19BrClN3O4S. The van der Waals surface area contributed by atoms with Gasteiger partial charge in [0.1, 0.15) is 22.8 Å². The number of benzene rings is 3. The molecular weight excluding hydrogens is 590 g/mol. The van der Waals surface area contributed by atoms with Crippen LogP contribution in [0, 0.1) is 0 Å². The van der Waals surface area contributed by atoms with E-state index in [1.807, 2.05) is 36.4 Å². The summed E-state index contributed by atoms with van der Waals surface area (Å²) in [5.41, 5.74) is 3.60. The lowest BCUT2D eigenvalue weighted by molar-refractivity contribution is -0.115. The van der Waals surface area contributed by atoms with E-state index in [4.69, 9.17) is 37.4 Å². The Bertz CT molecular complexity index is 1680. The summed E-state index contributed by atoms with van der Waals surface area (Å²) in [5, 5.41) is 6.40. The van der Waals surface area contributed by atoms with E-state index in [-0.39, 0.29) is 5.11 Å². The maximum Gasteiger partial charge on any atom is 0.250 e. The predicted octanol–water partition coefficient (Wildman–Crippen LogP) is 7.71. The fourth-order valence-corrected chi connectivity index (χ4v) is 4.50. The number of aromatic nitrogens is 1. The molecule has 0 bridgehead atoms. The maximum atomic E-state index is 12.4. The molecule has 0 aliphatic rings. The van der Waals surface area contributed by atoms with Crippen LogP contribution >= 0.6 is 39.7 Å². The molecule has 0 radical (unpaired) electrons. The van der Waals surface area contributed by atoms with E-state index in [1.54, 1.807) is 49.6 Å². The zero-order valence-electron chi connectivity index (χ0n) is 19.8. The Morgan fingerprint density at radius 1 is 1.03 bits per heavy atom. The zero-order chi connectivity index (χ0) is 26.6. The van der Waals surface area contributed by atoms with E-state index in [0.29, 0.717) is 45.0 Å². The number of hydrogen-bond donors (Lipinski definition) is 2. The van der Waals surface area contributed by atoms with Crippen LogP contribution in [0.15, 0.2) is 92.2 Å². The van der Waals surface area contributed by atoms with Crippen molar-refractivity contribution in [3.8, 4) is 28.5 Å². The topological polar surface area (TPSA) is 89.5 Å². The highest BCUT2D eigenvalue weighted by Crippen LogP contribution is 2.32. The van der Waals surface area contributed by atoms with Crippen molar-refractivity contribution < 1.29 is 18.4 Å². The van der Waals surface area contributed by atoms with Crippen LogP contribution < -0.4 is 15.4 Å². The summed E-state index contributed by atoms with van der Waals surface area (Å²) in [6.07, 6.45) is 2.91. The normalized spacial score (nSPS) is 11.1. The average Bonchev–Trinajstić information content (AvgIpc) is 3.55. The van der Waals surface area contributed by atoms with Crippen LogP contribution in [0.2, 0.25) is 5.02 Å². The number of ether oxygens (including phenoxy) is 1. The first-order chi connectivity index (χ1) is 18.4. The van der Waals surface area contributed by atoms with Gasteiger partial charge >= 0.3 is 0 Å². The van der Waals surface area contributed by atoms with Crippen molar-refractivity contribution in [3.05, 3.63) is 94.1 Å². The summed E-state index contributed by atoms with van der Waals surface area (Å²) >= 11 is 14.7. The largest absolute Gasteiger partial charge is 0.496 e. The molecule has 2 N–H and O–H groups in total. The lowest BCUT2D eigenvalue weighted by atomic mass is 10.2. The third kappa shape index (κ3) is 5.96. The highest BCUT2D eigenvalue weighted by atomic mass is 79.9. The van der Waals surface area contributed by atoms with Gasteiger partial charge in [0, 0.05) is 27.9 Å². The minimum atomic E-state index is -0.401. The minimum absolute atomic E-state index is 0.142. The second-order valence-electron chi connectivity index (χ2n) is 8.04. The van der Waals surface area contributed by atoms with Gasteiger partial charge in [-0.05, 0) is 107 Å². The number of carbonyl (C=O) groups is 1. The molecule has 2 aromatic heterocycles. The van der Waals surface area contributed by atoms with Crippen molar-refractivity contribution >= 4 is 73.6 Å². The number of thiocarbonyl (C=S) groups is 1. The molecule has 0 aliphatic carbocycles. The predicted molar refractivity (Wildman–Crippen MR) is 156 cm³/mol. The van der Waals surface area contributed by atoms with Crippen molar-refractivity contribution in [2.24, 2.45) is 0 Å². The molecule has 0 fully saturated rings. The van der Waals surface area contributed by atoms with E-state index in [1.165, 1.54) is 6.08 Å². The quantitative estimate of drug-likeness (QED) is 0.151. The molecule has 190 valence electrons. The number of furan rings is 1. The third-order valence-corrected chi connectivity index (χ3v) is 6.51. The van der Waals surface area contributed by atoms with Gasteiger partial charge in [0.25, 0.3) is 0 Å². The standard InChI is InChI=1S/C28H19BrClN3O4S/c1-35-24-10-4-17(14-21(24)29)27-32-22-15-19(7-11-25(22)37-27)31-28(38)33-26(34)13-9-20-8-12-23(36-20)16-2-5-18(30)6-3-16/h2-15H,1H3,(H2,31,33,34,38)/b13-9+. The van der Waals surface area contributed by atoms with E-state index in [9.17, 15) is 4.79 Å². The number of hydrogen-bond acceptors (Lipinski definition) is 6. The summed E-state index contributed by atoms with van der Waals surface area (Å²) in [6, 6.07) is 21.8. The van der Waals surface area contributed by atoms with Gasteiger partial charge in [0.05, 0.1) is 11.6 Å². The lowest BCUT2D eigenvalue weighted by Crippen LogP contribution is -2.32. The molecule has 0 spiro atoms. The first-order valence-electron chi connectivity index (χ1n) is 11.3. The Hall–Kier alpha value is -3.92. The number of nitrogens with zero attached hydrogens (tertiary/aromatic N) is 1. The molecule has 5 aromatic rings. The molecule has 10 heteroatoms. The number of rotatable bonds is 6. The Balaban J connectivity index is 1.20. The van der Waals surface area contributed by atoms with Crippen LogP contribution in [0.3, 0.4) is 0 Å². The number of nitrogens with one attached hydrogen (secondary N) is 2. The van der Waals surface area contributed by atoms with Gasteiger partial charge in [0.2, 0.25) is 11.8 Å². The lowest BCUT2D eigenvalue weighted by Gasteiger charge is -2.07.